The highest BCUT2D eigenvalue weighted by Crippen LogP contribution is 2.32. The van der Waals surface area contributed by atoms with Gasteiger partial charge in [0.1, 0.15) is 0 Å². The second-order valence-electron chi connectivity index (χ2n) is 6.58. The van der Waals surface area contributed by atoms with Crippen LogP contribution in [0.5, 0.6) is 0 Å². The quantitative estimate of drug-likeness (QED) is 0.567. The second-order valence-corrected chi connectivity index (χ2v) is 7.96. The van der Waals surface area contributed by atoms with E-state index in [9.17, 15) is 4.79 Å². The van der Waals surface area contributed by atoms with E-state index in [1.165, 1.54) is 10.4 Å². The van der Waals surface area contributed by atoms with Crippen molar-refractivity contribution in [2.24, 2.45) is 5.92 Å². The summed E-state index contributed by atoms with van der Waals surface area (Å²) < 4.78 is 0. The van der Waals surface area contributed by atoms with Crippen LogP contribution in [0.4, 0.5) is 0 Å². The minimum Gasteiger partial charge on any atom is -0.355 e. The van der Waals surface area contributed by atoms with Crippen LogP contribution < -0.4 is 16.2 Å². The van der Waals surface area contributed by atoms with Crippen molar-refractivity contribution in [3.05, 3.63) is 57.3 Å². The number of hydrogen-bond acceptors (Lipinski definition) is 3. The first-order valence-corrected chi connectivity index (χ1v) is 9.84. The number of nitrogens with one attached hydrogen (secondary N) is 3. The van der Waals surface area contributed by atoms with E-state index in [0.29, 0.717) is 11.0 Å². The zero-order chi connectivity index (χ0) is 17.8. The molecule has 2 unspecified atom stereocenters. The lowest BCUT2D eigenvalue weighted by molar-refractivity contribution is 0.0942. The maximum absolute atomic E-state index is 12.5. The summed E-state index contributed by atoms with van der Waals surface area (Å²) >= 11 is 6.97. The molecule has 1 aliphatic rings. The molecule has 0 bridgehead atoms. The molecule has 0 saturated carbocycles. The summed E-state index contributed by atoms with van der Waals surface area (Å²) in [6.45, 7) is 4.30. The van der Waals surface area contributed by atoms with Crippen LogP contribution in [0.3, 0.4) is 0 Å². The molecule has 3 N–H and O–H groups in total. The van der Waals surface area contributed by atoms with Gasteiger partial charge in [-0.15, -0.1) is 11.3 Å². The molecule has 1 aromatic carbocycles. The van der Waals surface area contributed by atoms with Crippen LogP contribution in [0.1, 0.15) is 52.7 Å². The van der Waals surface area contributed by atoms with Gasteiger partial charge < -0.3 is 5.32 Å². The number of thiophene rings is 1. The molecule has 25 heavy (non-hydrogen) atoms. The first-order chi connectivity index (χ1) is 12.0. The van der Waals surface area contributed by atoms with Gasteiger partial charge in [-0.3, -0.25) is 15.6 Å². The van der Waals surface area contributed by atoms with Gasteiger partial charge in [0.05, 0.1) is 11.6 Å². The van der Waals surface area contributed by atoms with Gasteiger partial charge in [-0.25, -0.2) is 0 Å². The second kappa shape index (κ2) is 7.97. The fourth-order valence-electron chi connectivity index (χ4n) is 3.11. The van der Waals surface area contributed by atoms with Gasteiger partial charge >= 0.3 is 0 Å². The minimum absolute atomic E-state index is 0.0634. The molecule has 6 heteroatoms. The Morgan fingerprint density at radius 3 is 2.80 bits per heavy atom. The number of fused-ring (bicyclic) bond motifs is 1. The van der Waals surface area contributed by atoms with Crippen LogP contribution in [0.15, 0.2) is 35.7 Å². The number of amides is 1. The number of hydrazine groups is 1. The van der Waals surface area contributed by atoms with E-state index in [0.717, 1.165) is 30.4 Å². The summed E-state index contributed by atoms with van der Waals surface area (Å²) in [7, 11) is 0. The molecule has 0 radical (unpaired) electrons. The van der Waals surface area contributed by atoms with E-state index >= 15 is 0 Å². The molecule has 1 heterocycles. The molecule has 1 amide bonds. The number of carbonyl (C=O) groups is 1. The molecule has 4 nitrogen and oxygen atoms in total. The van der Waals surface area contributed by atoms with Crippen LogP contribution in [0.25, 0.3) is 0 Å². The highest BCUT2D eigenvalue weighted by Gasteiger charge is 2.23. The highest BCUT2D eigenvalue weighted by atomic mass is 32.1. The first kappa shape index (κ1) is 17.9. The smallest absolute Gasteiger partial charge is 0.270 e. The zero-order valence-corrected chi connectivity index (χ0v) is 16.1. The minimum atomic E-state index is -0.122. The van der Waals surface area contributed by atoms with E-state index in [1.807, 2.05) is 42.6 Å². The van der Waals surface area contributed by atoms with Crippen LogP contribution in [0.2, 0.25) is 0 Å². The molecule has 1 aliphatic carbocycles. The van der Waals surface area contributed by atoms with Crippen molar-refractivity contribution in [1.82, 2.24) is 16.2 Å². The lowest BCUT2D eigenvalue weighted by Crippen LogP contribution is -2.47. The van der Waals surface area contributed by atoms with Crippen molar-refractivity contribution in [2.75, 3.05) is 0 Å². The van der Waals surface area contributed by atoms with E-state index in [1.54, 1.807) is 11.3 Å². The Morgan fingerprint density at radius 1 is 1.28 bits per heavy atom. The Balaban J connectivity index is 1.53. The van der Waals surface area contributed by atoms with Gasteiger partial charge in [0.15, 0.2) is 5.11 Å². The number of hydrogen-bond donors (Lipinski definition) is 3. The van der Waals surface area contributed by atoms with Crippen LogP contribution >= 0.6 is 23.6 Å². The molecule has 0 fully saturated rings. The average Bonchev–Trinajstić information content (AvgIpc) is 3.03. The monoisotopic (exact) mass is 373 g/mol. The Bertz CT molecular complexity index is 757. The molecule has 0 aliphatic heterocycles. The van der Waals surface area contributed by atoms with Crippen molar-refractivity contribution in [1.29, 1.82) is 0 Å². The first-order valence-electron chi connectivity index (χ1n) is 8.55. The third-order valence-electron chi connectivity index (χ3n) is 4.58. The summed E-state index contributed by atoms with van der Waals surface area (Å²) in [5, 5.41) is 5.54. The van der Waals surface area contributed by atoms with Gasteiger partial charge in [0, 0.05) is 10.3 Å². The molecule has 1 aromatic heterocycles. The Labute approximate surface area is 158 Å². The van der Waals surface area contributed by atoms with Crippen molar-refractivity contribution >= 4 is 34.6 Å². The molecule has 0 spiro atoms. The fraction of sp³-hybridized carbons (Fsp3) is 0.368. The number of benzene rings is 1. The van der Waals surface area contributed by atoms with Crippen LogP contribution in [-0.4, -0.2) is 11.0 Å². The molecular weight excluding hydrogens is 350 g/mol. The predicted molar refractivity (Wildman–Crippen MR) is 107 cm³/mol. The summed E-state index contributed by atoms with van der Waals surface area (Å²) in [6.07, 6.45) is 3.21. The third-order valence-corrected chi connectivity index (χ3v) is 5.85. The van der Waals surface area contributed by atoms with Gasteiger partial charge in [-0.2, -0.15) is 0 Å². The molecule has 2 aromatic rings. The van der Waals surface area contributed by atoms with Crippen molar-refractivity contribution in [3.63, 3.8) is 0 Å². The van der Waals surface area contributed by atoms with E-state index in [4.69, 9.17) is 12.2 Å². The lowest BCUT2D eigenvalue weighted by Gasteiger charge is -2.20. The van der Waals surface area contributed by atoms with Gasteiger partial charge in [-0.1, -0.05) is 37.3 Å². The zero-order valence-electron chi connectivity index (χ0n) is 14.5. The molecule has 0 saturated heterocycles. The van der Waals surface area contributed by atoms with E-state index < -0.39 is 0 Å². The summed E-state index contributed by atoms with van der Waals surface area (Å²) in [5.41, 5.74) is 8.65. The largest absolute Gasteiger partial charge is 0.355 e. The van der Waals surface area contributed by atoms with Gasteiger partial charge in [0.25, 0.3) is 5.91 Å². The Kier molecular flexibility index (Phi) is 5.71. The Hall–Kier alpha value is -1.92. The Morgan fingerprint density at radius 2 is 2.04 bits per heavy atom. The summed E-state index contributed by atoms with van der Waals surface area (Å²) in [5.74, 6) is 0.583. The SMILES string of the molecule is CC1CCc2c(C(=O)NNC(=S)NC(C)c3ccccc3)csc2C1. The average molecular weight is 374 g/mol. The normalized spacial score (nSPS) is 17.3. The standard InChI is InChI=1S/C19H23N3OS2/c1-12-8-9-15-16(11-25-17(15)10-12)18(23)21-22-19(24)20-13(2)14-6-4-3-5-7-14/h3-7,11-13H,8-10H2,1-2H3,(H,21,23)(H2,20,22,24). The van der Waals surface area contributed by atoms with Crippen LogP contribution in [-0.2, 0) is 12.8 Å². The lowest BCUT2D eigenvalue weighted by atomic mass is 9.88. The maximum Gasteiger partial charge on any atom is 0.270 e. The number of thiocarbonyl (C=S) groups is 1. The predicted octanol–water partition coefficient (Wildman–Crippen LogP) is 3.74. The molecule has 132 valence electrons. The van der Waals surface area contributed by atoms with E-state index in [-0.39, 0.29) is 11.9 Å². The molecular formula is C19H23N3OS2. The maximum atomic E-state index is 12.5. The topological polar surface area (TPSA) is 53.2 Å². The number of rotatable bonds is 3. The molecule has 2 atom stereocenters. The summed E-state index contributed by atoms with van der Waals surface area (Å²) in [4.78, 5) is 13.8. The fourth-order valence-corrected chi connectivity index (χ4v) is 4.58. The number of carbonyl (C=O) groups excluding carboxylic acids is 1. The molecule has 3 rings (SSSR count). The highest BCUT2D eigenvalue weighted by molar-refractivity contribution is 7.80. The van der Waals surface area contributed by atoms with Crippen molar-refractivity contribution < 1.29 is 4.79 Å². The van der Waals surface area contributed by atoms with Crippen LogP contribution in [0, 0.1) is 5.92 Å². The van der Waals surface area contributed by atoms with Crippen molar-refractivity contribution in [2.45, 2.75) is 39.2 Å². The van der Waals surface area contributed by atoms with E-state index in [2.05, 4.69) is 23.1 Å². The van der Waals surface area contributed by atoms with Crippen molar-refractivity contribution in [3.8, 4) is 0 Å². The third kappa shape index (κ3) is 4.38. The van der Waals surface area contributed by atoms with Gasteiger partial charge in [0.2, 0.25) is 0 Å². The van der Waals surface area contributed by atoms with Gasteiger partial charge in [-0.05, 0) is 55.4 Å². The summed E-state index contributed by atoms with van der Waals surface area (Å²) in [6, 6.07) is 10.1.